The van der Waals surface area contributed by atoms with Crippen molar-refractivity contribution in [2.45, 2.75) is 77.6 Å². The van der Waals surface area contributed by atoms with Crippen LogP contribution in [0.15, 0.2) is 4.99 Å². The highest BCUT2D eigenvalue weighted by Gasteiger charge is 2.39. The summed E-state index contributed by atoms with van der Waals surface area (Å²) >= 11 is 0. The summed E-state index contributed by atoms with van der Waals surface area (Å²) in [4.78, 5) is 13.7. The lowest BCUT2D eigenvalue weighted by Gasteiger charge is -2.38. The van der Waals surface area contributed by atoms with Gasteiger partial charge in [0.15, 0.2) is 16.6 Å². The second-order valence-corrected chi connectivity index (χ2v) is 19.8. The topological polar surface area (TPSA) is 47.9 Å². The molecule has 21 heavy (non-hydrogen) atoms. The lowest BCUT2D eigenvalue weighted by molar-refractivity contribution is 0.387. The van der Waals surface area contributed by atoms with Gasteiger partial charge in [-0.2, -0.15) is 0 Å². The molecule has 0 unspecified atom stereocenters. The Morgan fingerprint density at radius 3 is 1.81 bits per heavy atom. The van der Waals surface area contributed by atoms with E-state index < -0.39 is 25.2 Å². The van der Waals surface area contributed by atoms with Crippen molar-refractivity contribution in [3.63, 3.8) is 0 Å². The lowest BCUT2D eigenvalue weighted by Crippen LogP contribution is -2.52. The van der Waals surface area contributed by atoms with E-state index in [0.717, 1.165) is 12.5 Å². The number of unbranched alkanes of at least 4 members (excludes halogenated alkanes) is 1. The van der Waals surface area contributed by atoms with Crippen molar-refractivity contribution in [3.8, 4) is 0 Å². The second kappa shape index (κ2) is 9.17. The van der Waals surface area contributed by atoms with Crippen LogP contribution in [0.5, 0.6) is 0 Å². The number of isocyanates is 1. The van der Waals surface area contributed by atoms with E-state index in [1.807, 2.05) is 0 Å². The molecule has 0 bridgehead atoms. The first-order valence-corrected chi connectivity index (χ1v) is 17.0. The molecule has 0 aliphatic carbocycles. The van der Waals surface area contributed by atoms with Crippen molar-refractivity contribution in [1.82, 2.24) is 0 Å². The SMILES string of the molecule is CCCC[Si](C)(C)O[Si](C)(C)O[Si](C)(C)CCCN=C=O. The van der Waals surface area contributed by atoms with Crippen LogP contribution in [0.2, 0.25) is 51.4 Å². The van der Waals surface area contributed by atoms with Gasteiger partial charge in [-0.25, -0.2) is 9.79 Å². The molecule has 4 nitrogen and oxygen atoms in total. The number of carbonyl (C=O) groups excluding carboxylic acids is 1. The molecule has 0 N–H and O–H groups in total. The van der Waals surface area contributed by atoms with Gasteiger partial charge < -0.3 is 8.23 Å². The van der Waals surface area contributed by atoms with Crippen molar-refractivity contribution < 1.29 is 13.0 Å². The first-order valence-electron chi connectivity index (χ1n) is 7.97. The molecule has 0 fully saturated rings. The number of hydrogen-bond donors (Lipinski definition) is 0. The molecule has 0 heterocycles. The van der Waals surface area contributed by atoms with Crippen LogP contribution < -0.4 is 0 Å². The molecular weight excluding hydrogens is 314 g/mol. The molecular formula is C14H33NO3Si3. The third-order valence-electron chi connectivity index (χ3n) is 3.29. The summed E-state index contributed by atoms with van der Waals surface area (Å²) < 4.78 is 13.0. The molecule has 0 aromatic rings. The van der Waals surface area contributed by atoms with Crippen molar-refractivity contribution in [1.29, 1.82) is 0 Å². The minimum atomic E-state index is -2.08. The first-order chi connectivity index (χ1) is 9.54. The normalized spacial score (nSPS) is 13.1. The summed E-state index contributed by atoms with van der Waals surface area (Å²) in [5.41, 5.74) is 0. The van der Waals surface area contributed by atoms with Gasteiger partial charge in [0.2, 0.25) is 6.08 Å². The Kier molecular flexibility index (Phi) is 9.15. The average molecular weight is 348 g/mol. The van der Waals surface area contributed by atoms with Crippen LogP contribution in [0.3, 0.4) is 0 Å². The Balaban J connectivity index is 4.45. The molecule has 0 saturated carbocycles. The van der Waals surface area contributed by atoms with E-state index in [1.165, 1.54) is 18.9 Å². The number of rotatable bonds is 11. The maximum atomic E-state index is 10.1. The van der Waals surface area contributed by atoms with Gasteiger partial charge in [-0.05, 0) is 57.8 Å². The molecule has 0 aliphatic heterocycles. The molecule has 0 spiro atoms. The zero-order valence-electron chi connectivity index (χ0n) is 14.9. The highest BCUT2D eigenvalue weighted by atomic mass is 28.5. The van der Waals surface area contributed by atoms with Crippen LogP contribution in [0.25, 0.3) is 0 Å². The number of aliphatic imine (C=N–C) groups is 1. The van der Waals surface area contributed by atoms with E-state index in [0.29, 0.717) is 6.54 Å². The largest absolute Gasteiger partial charge is 0.437 e. The zero-order chi connectivity index (χ0) is 16.6. The van der Waals surface area contributed by atoms with Crippen molar-refractivity contribution in [2.24, 2.45) is 4.99 Å². The zero-order valence-corrected chi connectivity index (χ0v) is 17.9. The molecule has 124 valence electrons. The predicted octanol–water partition coefficient (Wildman–Crippen LogP) is 4.66. The standard InChI is InChI=1S/C14H33NO3Si3/c1-8-9-12-19(2,3)17-21(6,7)18-20(4,5)13-10-11-15-14-16/h8-13H2,1-7H3. The van der Waals surface area contributed by atoms with Crippen LogP contribution in [0, 0.1) is 0 Å². The smallest absolute Gasteiger partial charge is 0.311 e. The fraction of sp³-hybridized carbons (Fsp3) is 0.929. The Hall–Kier alpha value is -0.0494. The molecule has 0 aromatic carbocycles. The van der Waals surface area contributed by atoms with Crippen molar-refractivity contribution in [3.05, 3.63) is 0 Å². The predicted molar refractivity (Wildman–Crippen MR) is 96.7 cm³/mol. The van der Waals surface area contributed by atoms with Gasteiger partial charge in [-0.15, -0.1) is 0 Å². The summed E-state index contributed by atoms with van der Waals surface area (Å²) in [6.45, 7) is 16.2. The average Bonchev–Trinajstić information content (AvgIpc) is 2.29. The third-order valence-corrected chi connectivity index (χ3v) is 14.8. The maximum absolute atomic E-state index is 10.1. The fourth-order valence-corrected chi connectivity index (χ4v) is 16.9. The molecule has 0 aliphatic rings. The fourth-order valence-electron chi connectivity index (χ4n) is 2.69. The number of nitrogens with zero attached hydrogens (tertiary/aromatic N) is 1. The van der Waals surface area contributed by atoms with Gasteiger partial charge in [0.1, 0.15) is 0 Å². The molecule has 0 saturated heterocycles. The van der Waals surface area contributed by atoms with E-state index in [2.05, 4.69) is 51.2 Å². The van der Waals surface area contributed by atoms with Crippen LogP contribution >= 0.6 is 0 Å². The van der Waals surface area contributed by atoms with Gasteiger partial charge >= 0.3 is 8.56 Å². The van der Waals surface area contributed by atoms with E-state index in [4.69, 9.17) is 8.23 Å². The van der Waals surface area contributed by atoms with Crippen molar-refractivity contribution in [2.75, 3.05) is 6.54 Å². The van der Waals surface area contributed by atoms with Gasteiger partial charge in [0.05, 0.1) is 6.54 Å². The molecule has 0 atom stereocenters. The molecule has 7 heteroatoms. The molecule has 0 amide bonds. The van der Waals surface area contributed by atoms with Gasteiger partial charge in [0, 0.05) is 0 Å². The summed E-state index contributed by atoms with van der Waals surface area (Å²) in [6.07, 6.45) is 4.96. The molecule has 0 aromatic heterocycles. The summed E-state index contributed by atoms with van der Waals surface area (Å²) in [5, 5.41) is 0. The monoisotopic (exact) mass is 347 g/mol. The highest BCUT2D eigenvalue weighted by Crippen LogP contribution is 2.26. The van der Waals surface area contributed by atoms with E-state index >= 15 is 0 Å². The summed E-state index contributed by atoms with van der Waals surface area (Å²) in [7, 11) is -5.44. The third kappa shape index (κ3) is 11.2. The summed E-state index contributed by atoms with van der Waals surface area (Å²) in [5.74, 6) is 0. The van der Waals surface area contributed by atoms with Crippen LogP contribution in [-0.2, 0) is 13.0 Å². The van der Waals surface area contributed by atoms with Crippen LogP contribution in [0.1, 0.15) is 26.2 Å². The van der Waals surface area contributed by atoms with E-state index in [-0.39, 0.29) is 0 Å². The minimum Gasteiger partial charge on any atom is -0.437 e. The molecule has 0 rings (SSSR count). The van der Waals surface area contributed by atoms with Crippen LogP contribution in [-0.4, -0.2) is 37.8 Å². The van der Waals surface area contributed by atoms with Gasteiger partial charge in [-0.3, -0.25) is 0 Å². The van der Waals surface area contributed by atoms with Crippen LogP contribution in [0.4, 0.5) is 0 Å². The quantitative estimate of drug-likeness (QED) is 0.236. The first kappa shape index (κ1) is 21.0. The Bertz CT molecular complexity index is 353. The maximum Gasteiger partial charge on any atom is 0.311 e. The number of hydrogen-bond acceptors (Lipinski definition) is 4. The van der Waals surface area contributed by atoms with Gasteiger partial charge in [-0.1, -0.05) is 19.8 Å². The lowest BCUT2D eigenvalue weighted by atomic mass is 10.4. The Morgan fingerprint density at radius 2 is 1.38 bits per heavy atom. The van der Waals surface area contributed by atoms with E-state index in [9.17, 15) is 4.79 Å². The van der Waals surface area contributed by atoms with Gasteiger partial charge in [0.25, 0.3) is 0 Å². The highest BCUT2D eigenvalue weighted by molar-refractivity contribution is 6.87. The minimum absolute atomic E-state index is 0.558. The second-order valence-electron chi connectivity index (χ2n) is 7.30. The Labute approximate surface area is 133 Å². The Morgan fingerprint density at radius 1 is 0.905 bits per heavy atom. The molecule has 0 radical (unpaired) electrons. The van der Waals surface area contributed by atoms with E-state index in [1.54, 1.807) is 6.08 Å². The summed E-state index contributed by atoms with van der Waals surface area (Å²) in [6, 6.07) is 2.22. The van der Waals surface area contributed by atoms with Crippen molar-refractivity contribution >= 4 is 31.3 Å².